The van der Waals surface area contributed by atoms with Crippen LogP contribution in [0.5, 0.6) is 11.5 Å². The SMILES string of the molecule is c1cc(-c2ccc3c(c2)-c2cccc4c2c(cc2ccccc24)O3)c2cc3ccc4ccccc4c3cc2c1. The van der Waals surface area contributed by atoms with E-state index in [1.54, 1.807) is 0 Å². The number of hydrogen-bond acceptors (Lipinski definition) is 1. The van der Waals surface area contributed by atoms with Crippen LogP contribution in [0.15, 0.2) is 133 Å². The van der Waals surface area contributed by atoms with Gasteiger partial charge in [-0.2, -0.15) is 0 Å². The van der Waals surface area contributed by atoms with E-state index in [0.29, 0.717) is 0 Å². The molecule has 0 saturated heterocycles. The molecule has 39 heavy (non-hydrogen) atoms. The van der Waals surface area contributed by atoms with Crippen molar-refractivity contribution in [3.05, 3.63) is 133 Å². The molecule has 0 saturated carbocycles. The van der Waals surface area contributed by atoms with Crippen molar-refractivity contribution in [1.82, 2.24) is 0 Å². The summed E-state index contributed by atoms with van der Waals surface area (Å²) in [4.78, 5) is 0. The molecule has 1 aliphatic heterocycles. The second-order valence-electron chi connectivity index (χ2n) is 10.5. The summed E-state index contributed by atoms with van der Waals surface area (Å²) in [6, 6.07) is 48.4. The summed E-state index contributed by atoms with van der Waals surface area (Å²) in [6.45, 7) is 0. The summed E-state index contributed by atoms with van der Waals surface area (Å²) in [5.74, 6) is 1.84. The Morgan fingerprint density at radius 3 is 1.90 bits per heavy atom. The fraction of sp³-hybridized carbons (Fsp3) is 0. The minimum Gasteiger partial charge on any atom is -0.456 e. The van der Waals surface area contributed by atoms with E-state index in [1.807, 2.05) is 0 Å². The third-order valence-corrected chi connectivity index (χ3v) is 8.39. The first-order chi connectivity index (χ1) is 19.3. The van der Waals surface area contributed by atoms with Crippen LogP contribution in [-0.4, -0.2) is 0 Å². The van der Waals surface area contributed by atoms with E-state index in [2.05, 4.69) is 133 Å². The molecule has 180 valence electrons. The Hall–Kier alpha value is -5.14. The Bertz CT molecular complexity index is 2310. The van der Waals surface area contributed by atoms with Crippen LogP contribution < -0.4 is 4.74 Å². The van der Waals surface area contributed by atoms with E-state index in [9.17, 15) is 0 Å². The largest absolute Gasteiger partial charge is 0.456 e. The molecular formula is C38H22O. The number of fused-ring (bicyclic) bond motifs is 8. The minimum absolute atomic E-state index is 0.909. The third-order valence-electron chi connectivity index (χ3n) is 8.39. The van der Waals surface area contributed by atoms with Crippen LogP contribution in [0.4, 0.5) is 0 Å². The van der Waals surface area contributed by atoms with Gasteiger partial charge >= 0.3 is 0 Å². The van der Waals surface area contributed by atoms with Gasteiger partial charge in [-0.25, -0.2) is 0 Å². The maximum absolute atomic E-state index is 6.53. The second-order valence-corrected chi connectivity index (χ2v) is 10.5. The average molecular weight is 495 g/mol. The fourth-order valence-corrected chi connectivity index (χ4v) is 6.58. The van der Waals surface area contributed by atoms with Crippen molar-refractivity contribution < 1.29 is 4.74 Å². The Morgan fingerprint density at radius 1 is 0.333 bits per heavy atom. The number of benzene rings is 8. The van der Waals surface area contributed by atoms with Gasteiger partial charge in [-0.3, -0.25) is 0 Å². The second kappa shape index (κ2) is 7.69. The van der Waals surface area contributed by atoms with Crippen LogP contribution >= 0.6 is 0 Å². The quantitative estimate of drug-likeness (QED) is 0.163. The Morgan fingerprint density at radius 2 is 0.974 bits per heavy atom. The van der Waals surface area contributed by atoms with Crippen molar-refractivity contribution in [2.24, 2.45) is 0 Å². The van der Waals surface area contributed by atoms with Crippen molar-refractivity contribution >= 4 is 53.9 Å². The van der Waals surface area contributed by atoms with Gasteiger partial charge in [-0.05, 0) is 95.5 Å². The van der Waals surface area contributed by atoms with E-state index >= 15 is 0 Å². The van der Waals surface area contributed by atoms with Crippen LogP contribution in [-0.2, 0) is 0 Å². The molecule has 0 unspecified atom stereocenters. The van der Waals surface area contributed by atoms with Gasteiger partial charge in [0.15, 0.2) is 0 Å². The van der Waals surface area contributed by atoms with Crippen LogP contribution in [0.1, 0.15) is 0 Å². The van der Waals surface area contributed by atoms with E-state index in [4.69, 9.17) is 4.74 Å². The summed E-state index contributed by atoms with van der Waals surface area (Å²) in [7, 11) is 0. The average Bonchev–Trinajstić information content (AvgIpc) is 3.00. The van der Waals surface area contributed by atoms with Gasteiger partial charge in [0.25, 0.3) is 0 Å². The van der Waals surface area contributed by atoms with Crippen molar-refractivity contribution in [1.29, 1.82) is 0 Å². The molecule has 8 aromatic carbocycles. The van der Waals surface area contributed by atoms with E-state index < -0.39 is 0 Å². The van der Waals surface area contributed by atoms with Crippen LogP contribution in [0.2, 0.25) is 0 Å². The summed E-state index contributed by atoms with van der Waals surface area (Å²) in [6.07, 6.45) is 0. The van der Waals surface area contributed by atoms with Gasteiger partial charge in [0, 0.05) is 10.9 Å². The number of rotatable bonds is 1. The molecular weight excluding hydrogens is 472 g/mol. The monoisotopic (exact) mass is 494 g/mol. The van der Waals surface area contributed by atoms with Crippen molar-refractivity contribution in [2.45, 2.75) is 0 Å². The summed E-state index contributed by atoms with van der Waals surface area (Å²) < 4.78 is 6.53. The molecule has 1 aliphatic rings. The van der Waals surface area contributed by atoms with Crippen molar-refractivity contribution in [3.8, 4) is 33.8 Å². The smallest absolute Gasteiger partial charge is 0.136 e. The van der Waals surface area contributed by atoms with Crippen LogP contribution in [0.3, 0.4) is 0 Å². The first-order valence-corrected chi connectivity index (χ1v) is 13.4. The minimum atomic E-state index is 0.909. The zero-order valence-electron chi connectivity index (χ0n) is 21.1. The molecule has 0 aliphatic carbocycles. The topological polar surface area (TPSA) is 9.23 Å². The maximum Gasteiger partial charge on any atom is 0.136 e. The first kappa shape index (κ1) is 20.9. The van der Waals surface area contributed by atoms with Gasteiger partial charge in [0.2, 0.25) is 0 Å². The van der Waals surface area contributed by atoms with Gasteiger partial charge < -0.3 is 4.74 Å². The fourth-order valence-electron chi connectivity index (χ4n) is 6.58. The highest BCUT2D eigenvalue weighted by Crippen LogP contribution is 2.49. The molecule has 0 atom stereocenters. The van der Waals surface area contributed by atoms with Gasteiger partial charge in [-0.15, -0.1) is 0 Å². The standard InChI is InChI=1S/C38H22O/c1-3-10-28-23(7-1)15-16-27-20-33-24(19-34(27)28)9-5-12-30(33)26-17-18-36-35(21-26)32-14-6-13-31-29-11-4-2-8-25(29)22-37(39-36)38(31)32/h1-22H. The highest BCUT2D eigenvalue weighted by molar-refractivity contribution is 6.17. The number of ether oxygens (including phenoxy) is 1. The normalized spacial score (nSPS) is 12.3. The Balaban J connectivity index is 1.28. The molecule has 0 radical (unpaired) electrons. The molecule has 1 heteroatoms. The van der Waals surface area contributed by atoms with E-state index in [0.717, 1.165) is 17.1 Å². The zero-order chi connectivity index (χ0) is 25.5. The Kier molecular flexibility index (Phi) is 4.11. The predicted molar refractivity (Wildman–Crippen MR) is 165 cm³/mol. The molecule has 0 bridgehead atoms. The van der Waals surface area contributed by atoms with Gasteiger partial charge in [-0.1, -0.05) is 103 Å². The molecule has 1 heterocycles. The summed E-state index contributed by atoms with van der Waals surface area (Å²) in [5, 5.41) is 12.5. The van der Waals surface area contributed by atoms with E-state index in [1.165, 1.54) is 70.6 Å². The van der Waals surface area contributed by atoms with Crippen molar-refractivity contribution in [2.75, 3.05) is 0 Å². The number of hydrogen-bond donors (Lipinski definition) is 0. The molecule has 1 nitrogen and oxygen atoms in total. The lowest BCUT2D eigenvalue weighted by atomic mass is 9.89. The Labute approximate surface area is 225 Å². The van der Waals surface area contributed by atoms with E-state index in [-0.39, 0.29) is 0 Å². The summed E-state index contributed by atoms with van der Waals surface area (Å²) in [5.41, 5.74) is 4.81. The molecule has 9 rings (SSSR count). The lowest BCUT2D eigenvalue weighted by Gasteiger charge is -2.23. The van der Waals surface area contributed by atoms with Crippen molar-refractivity contribution in [3.63, 3.8) is 0 Å². The van der Waals surface area contributed by atoms with Crippen LogP contribution in [0, 0.1) is 0 Å². The molecule has 0 N–H and O–H groups in total. The zero-order valence-corrected chi connectivity index (χ0v) is 21.1. The molecule has 0 amide bonds. The van der Waals surface area contributed by atoms with Gasteiger partial charge in [0.1, 0.15) is 11.5 Å². The summed E-state index contributed by atoms with van der Waals surface area (Å²) >= 11 is 0. The highest BCUT2D eigenvalue weighted by atomic mass is 16.5. The molecule has 8 aromatic rings. The van der Waals surface area contributed by atoms with Crippen LogP contribution in [0.25, 0.3) is 76.1 Å². The first-order valence-electron chi connectivity index (χ1n) is 13.4. The lowest BCUT2D eigenvalue weighted by molar-refractivity contribution is 0.488. The maximum atomic E-state index is 6.53. The highest BCUT2D eigenvalue weighted by Gasteiger charge is 2.22. The lowest BCUT2D eigenvalue weighted by Crippen LogP contribution is -1.98. The molecule has 0 aromatic heterocycles. The molecule has 0 fully saturated rings. The third kappa shape index (κ3) is 2.96. The predicted octanol–water partition coefficient (Wildman–Crippen LogP) is 10.9. The van der Waals surface area contributed by atoms with Gasteiger partial charge in [0.05, 0.1) is 0 Å². The molecule has 0 spiro atoms.